The van der Waals surface area contributed by atoms with Crippen LogP contribution in [0.2, 0.25) is 0 Å². The van der Waals surface area contributed by atoms with Crippen LogP contribution >= 0.6 is 0 Å². The van der Waals surface area contributed by atoms with Crippen LogP contribution in [-0.2, 0) is 4.79 Å². The number of nitrogens with zero attached hydrogens (tertiary/aromatic N) is 1. The summed E-state index contributed by atoms with van der Waals surface area (Å²) in [7, 11) is 1.35. The molecule has 0 bridgehead atoms. The van der Waals surface area contributed by atoms with Crippen molar-refractivity contribution < 1.29 is 23.8 Å². The van der Waals surface area contributed by atoms with E-state index in [0.717, 1.165) is 0 Å². The van der Waals surface area contributed by atoms with Gasteiger partial charge in [-0.2, -0.15) is 0 Å². The smallest absolute Gasteiger partial charge is 0.317 e. The molecule has 1 aromatic rings. The number of rotatable bonds is 7. The van der Waals surface area contributed by atoms with Gasteiger partial charge >= 0.3 is 5.97 Å². The number of halogens is 1. The number of methoxy groups -OCH3 is 1. The Labute approximate surface area is 134 Å². The van der Waals surface area contributed by atoms with Gasteiger partial charge in [0.2, 0.25) is 0 Å². The van der Waals surface area contributed by atoms with E-state index in [1.165, 1.54) is 25.3 Å². The summed E-state index contributed by atoms with van der Waals surface area (Å²) in [5.41, 5.74) is 0.338. The van der Waals surface area contributed by atoms with E-state index in [2.05, 4.69) is 5.32 Å². The fourth-order valence-electron chi connectivity index (χ4n) is 2.75. The van der Waals surface area contributed by atoms with Crippen LogP contribution in [0.5, 0.6) is 5.75 Å². The molecule has 23 heavy (non-hydrogen) atoms. The molecule has 1 aliphatic rings. The molecule has 2 N–H and O–H groups in total. The Morgan fingerprint density at radius 2 is 2.13 bits per heavy atom. The Bertz CT molecular complexity index is 587. The number of aliphatic carboxylic acids is 1. The molecule has 1 fully saturated rings. The van der Waals surface area contributed by atoms with Gasteiger partial charge in [0.05, 0.1) is 13.7 Å². The fourth-order valence-corrected chi connectivity index (χ4v) is 2.75. The second-order valence-electron chi connectivity index (χ2n) is 5.60. The molecule has 2 rings (SSSR count). The average molecular weight is 324 g/mol. The number of likely N-dealkylation sites (N-methyl/N-ethyl adjacent to an activating group) is 1. The van der Waals surface area contributed by atoms with Crippen molar-refractivity contribution >= 4 is 11.9 Å². The van der Waals surface area contributed by atoms with Gasteiger partial charge in [-0.15, -0.1) is 0 Å². The minimum absolute atomic E-state index is 0.00592. The molecule has 1 amide bonds. The molecule has 0 radical (unpaired) electrons. The number of nitrogens with one attached hydrogen (secondary N) is 1. The normalized spacial score (nSPS) is 20.0. The van der Waals surface area contributed by atoms with Crippen molar-refractivity contribution in [3.8, 4) is 5.75 Å². The third-order valence-electron chi connectivity index (χ3n) is 4.12. The summed E-state index contributed by atoms with van der Waals surface area (Å²) >= 11 is 0. The van der Waals surface area contributed by atoms with Crippen molar-refractivity contribution in [3.63, 3.8) is 0 Å². The number of hydrogen-bond acceptors (Lipinski definition) is 4. The Hall–Kier alpha value is -2.15. The monoisotopic (exact) mass is 324 g/mol. The fraction of sp³-hybridized carbons (Fsp3) is 0.500. The molecular formula is C16H21FN2O4. The van der Waals surface area contributed by atoms with E-state index in [0.29, 0.717) is 24.9 Å². The van der Waals surface area contributed by atoms with Crippen molar-refractivity contribution in [2.45, 2.75) is 31.8 Å². The average Bonchev–Trinajstić information content (AvgIpc) is 2.48. The van der Waals surface area contributed by atoms with Crippen LogP contribution in [0.15, 0.2) is 18.2 Å². The quantitative estimate of drug-likeness (QED) is 0.795. The summed E-state index contributed by atoms with van der Waals surface area (Å²) in [6, 6.07) is 4.15. The van der Waals surface area contributed by atoms with E-state index in [9.17, 15) is 14.0 Å². The zero-order chi connectivity index (χ0) is 17.0. The molecule has 1 saturated carbocycles. The molecule has 0 unspecified atom stereocenters. The maximum Gasteiger partial charge on any atom is 0.317 e. The Morgan fingerprint density at radius 1 is 1.43 bits per heavy atom. The maximum atomic E-state index is 13.3. The van der Waals surface area contributed by atoms with E-state index in [4.69, 9.17) is 9.84 Å². The topological polar surface area (TPSA) is 78.9 Å². The van der Waals surface area contributed by atoms with E-state index >= 15 is 0 Å². The van der Waals surface area contributed by atoms with Crippen LogP contribution < -0.4 is 10.1 Å². The summed E-state index contributed by atoms with van der Waals surface area (Å²) in [5.74, 6) is -1.62. The Kier molecular flexibility index (Phi) is 5.54. The predicted molar refractivity (Wildman–Crippen MR) is 82.1 cm³/mol. The molecule has 0 spiro atoms. The first-order valence-corrected chi connectivity index (χ1v) is 7.54. The van der Waals surface area contributed by atoms with Gasteiger partial charge in [-0.1, -0.05) is 6.92 Å². The molecule has 0 aromatic heterocycles. The zero-order valence-electron chi connectivity index (χ0n) is 13.2. The first-order chi connectivity index (χ1) is 10.9. The SMILES string of the molecule is CCN(CC(=O)O)C1CC(NC(=O)c2ccc(F)c(OC)c2)C1. The van der Waals surface area contributed by atoms with Crippen molar-refractivity contribution in [1.29, 1.82) is 0 Å². The van der Waals surface area contributed by atoms with Crippen LogP contribution in [0.25, 0.3) is 0 Å². The van der Waals surface area contributed by atoms with Crippen LogP contribution in [-0.4, -0.2) is 54.2 Å². The van der Waals surface area contributed by atoms with Gasteiger partial charge in [0.1, 0.15) is 0 Å². The van der Waals surface area contributed by atoms with E-state index in [-0.39, 0.29) is 30.3 Å². The molecule has 7 heteroatoms. The lowest BCUT2D eigenvalue weighted by Crippen LogP contribution is -2.54. The second-order valence-corrected chi connectivity index (χ2v) is 5.60. The highest BCUT2D eigenvalue weighted by Crippen LogP contribution is 2.26. The number of hydrogen-bond donors (Lipinski definition) is 2. The summed E-state index contributed by atoms with van der Waals surface area (Å²) in [6.45, 7) is 2.59. The number of ether oxygens (including phenoxy) is 1. The maximum absolute atomic E-state index is 13.3. The van der Waals surface area contributed by atoms with Gasteiger partial charge in [0, 0.05) is 17.6 Å². The van der Waals surface area contributed by atoms with Crippen LogP contribution in [0, 0.1) is 5.82 Å². The predicted octanol–water partition coefficient (Wildman–Crippen LogP) is 1.50. The Morgan fingerprint density at radius 3 is 2.70 bits per heavy atom. The molecule has 126 valence electrons. The minimum Gasteiger partial charge on any atom is -0.494 e. The van der Waals surface area contributed by atoms with Crippen LogP contribution in [0.1, 0.15) is 30.1 Å². The van der Waals surface area contributed by atoms with Crippen molar-refractivity contribution in [2.24, 2.45) is 0 Å². The van der Waals surface area contributed by atoms with Gasteiger partial charge in [-0.3, -0.25) is 14.5 Å². The zero-order valence-corrected chi connectivity index (χ0v) is 13.2. The summed E-state index contributed by atoms with van der Waals surface area (Å²) in [6.07, 6.45) is 1.43. The number of carbonyl (C=O) groups is 2. The van der Waals surface area contributed by atoms with Gasteiger partial charge in [-0.05, 0) is 37.6 Å². The minimum atomic E-state index is -0.849. The van der Waals surface area contributed by atoms with E-state index in [1.54, 1.807) is 0 Å². The number of carboxylic acids is 1. The van der Waals surface area contributed by atoms with Gasteiger partial charge < -0.3 is 15.2 Å². The van der Waals surface area contributed by atoms with Gasteiger partial charge in [0.25, 0.3) is 5.91 Å². The molecule has 1 aromatic carbocycles. The summed E-state index contributed by atoms with van der Waals surface area (Å²) < 4.78 is 18.2. The molecular weight excluding hydrogens is 303 g/mol. The lowest BCUT2D eigenvalue weighted by Gasteiger charge is -2.42. The molecule has 1 aliphatic carbocycles. The van der Waals surface area contributed by atoms with Crippen molar-refractivity contribution in [2.75, 3.05) is 20.2 Å². The van der Waals surface area contributed by atoms with E-state index < -0.39 is 11.8 Å². The largest absolute Gasteiger partial charge is 0.494 e. The first kappa shape index (κ1) is 17.2. The highest BCUT2D eigenvalue weighted by atomic mass is 19.1. The molecule has 6 nitrogen and oxygen atoms in total. The van der Waals surface area contributed by atoms with Crippen LogP contribution in [0.3, 0.4) is 0 Å². The lowest BCUT2D eigenvalue weighted by atomic mass is 9.85. The highest BCUT2D eigenvalue weighted by molar-refractivity contribution is 5.94. The standard InChI is InChI=1S/C16H21FN2O4/c1-3-19(9-15(20)21)12-7-11(8-12)18-16(22)10-4-5-13(17)14(6-10)23-2/h4-6,11-12H,3,7-9H2,1-2H3,(H,18,22)(H,20,21). The first-order valence-electron chi connectivity index (χ1n) is 7.54. The Balaban J connectivity index is 1.87. The summed E-state index contributed by atoms with van der Waals surface area (Å²) in [5, 5.41) is 11.7. The lowest BCUT2D eigenvalue weighted by molar-refractivity contribution is -0.139. The number of carbonyl (C=O) groups excluding carboxylic acids is 1. The number of benzene rings is 1. The summed E-state index contributed by atoms with van der Waals surface area (Å²) in [4.78, 5) is 24.8. The number of carboxylic acid groups (broad SMARTS) is 1. The molecule has 0 saturated heterocycles. The second kappa shape index (κ2) is 7.41. The molecule has 0 aliphatic heterocycles. The van der Waals surface area contributed by atoms with Gasteiger partial charge in [-0.25, -0.2) is 4.39 Å². The third-order valence-corrected chi connectivity index (χ3v) is 4.12. The van der Waals surface area contributed by atoms with Crippen molar-refractivity contribution in [3.05, 3.63) is 29.6 Å². The van der Waals surface area contributed by atoms with Crippen molar-refractivity contribution in [1.82, 2.24) is 10.2 Å². The highest BCUT2D eigenvalue weighted by Gasteiger charge is 2.34. The van der Waals surface area contributed by atoms with Crippen LogP contribution in [0.4, 0.5) is 4.39 Å². The molecule has 0 heterocycles. The van der Waals surface area contributed by atoms with E-state index in [1.807, 2.05) is 11.8 Å². The third kappa shape index (κ3) is 4.19. The molecule has 0 atom stereocenters. The number of amides is 1. The van der Waals surface area contributed by atoms with Gasteiger partial charge in [0.15, 0.2) is 11.6 Å².